The third-order valence-electron chi connectivity index (χ3n) is 4.64. The van der Waals surface area contributed by atoms with Crippen molar-refractivity contribution >= 4 is 34.0 Å². The molecule has 6 nitrogen and oxygen atoms in total. The van der Waals surface area contributed by atoms with Crippen molar-refractivity contribution in [2.45, 2.75) is 12.8 Å². The summed E-state index contributed by atoms with van der Waals surface area (Å²) in [5.74, 6) is 1.23. The highest BCUT2D eigenvalue weighted by molar-refractivity contribution is 7.80. The van der Waals surface area contributed by atoms with Crippen LogP contribution in [-0.4, -0.2) is 31.8 Å². The van der Waals surface area contributed by atoms with Gasteiger partial charge in [-0.15, -0.1) is 0 Å². The molecule has 0 radical (unpaired) electrons. The Balaban J connectivity index is 1.41. The molecular weight excluding hydrogens is 398 g/mol. The van der Waals surface area contributed by atoms with Gasteiger partial charge < -0.3 is 14.8 Å². The van der Waals surface area contributed by atoms with E-state index >= 15 is 0 Å². The van der Waals surface area contributed by atoms with E-state index in [9.17, 15) is 4.79 Å². The average molecular weight is 424 g/mol. The van der Waals surface area contributed by atoms with Crippen molar-refractivity contribution in [2.24, 2.45) is 0 Å². The van der Waals surface area contributed by atoms with E-state index in [1.54, 1.807) is 14.2 Å². The van der Waals surface area contributed by atoms with Gasteiger partial charge in [0.25, 0.3) is 0 Å². The molecular formula is C23H25N3O3S. The van der Waals surface area contributed by atoms with Gasteiger partial charge in [-0.05, 0) is 52.7 Å². The number of hydrazine groups is 1. The summed E-state index contributed by atoms with van der Waals surface area (Å²) in [4.78, 5) is 12.2. The van der Waals surface area contributed by atoms with E-state index in [0.29, 0.717) is 23.2 Å². The monoisotopic (exact) mass is 423 g/mol. The molecule has 0 unspecified atom stereocenters. The van der Waals surface area contributed by atoms with Gasteiger partial charge in [-0.25, -0.2) is 0 Å². The second-order valence-corrected chi connectivity index (χ2v) is 7.13. The normalized spacial score (nSPS) is 10.3. The molecule has 156 valence electrons. The van der Waals surface area contributed by atoms with E-state index in [-0.39, 0.29) is 12.3 Å². The molecule has 0 spiro atoms. The van der Waals surface area contributed by atoms with Crippen LogP contribution >= 0.6 is 12.2 Å². The Bertz CT molecular complexity index is 1040. The van der Waals surface area contributed by atoms with E-state index in [1.807, 2.05) is 60.7 Å². The second kappa shape index (κ2) is 10.5. The molecule has 0 atom stereocenters. The molecule has 0 fully saturated rings. The quantitative estimate of drug-likeness (QED) is 0.401. The van der Waals surface area contributed by atoms with Crippen molar-refractivity contribution in [3.05, 3.63) is 71.8 Å². The smallest absolute Gasteiger partial charge is 0.242 e. The number of hydrogen-bond acceptors (Lipinski definition) is 4. The Kier molecular flexibility index (Phi) is 7.45. The van der Waals surface area contributed by atoms with Gasteiger partial charge in [-0.2, -0.15) is 0 Å². The largest absolute Gasteiger partial charge is 0.493 e. The number of carbonyl (C=O) groups excluding carboxylic acids is 1. The number of amides is 1. The molecule has 3 aromatic rings. The summed E-state index contributed by atoms with van der Waals surface area (Å²) in [6.07, 6.45) is 1.01. The van der Waals surface area contributed by atoms with Crippen LogP contribution in [0.4, 0.5) is 0 Å². The number of hydrogen-bond donors (Lipinski definition) is 3. The second-order valence-electron chi connectivity index (χ2n) is 6.73. The maximum absolute atomic E-state index is 12.2. The number of thiocarbonyl (C=S) groups is 1. The number of benzene rings is 3. The van der Waals surface area contributed by atoms with Gasteiger partial charge in [-0.1, -0.05) is 48.5 Å². The fraction of sp³-hybridized carbons (Fsp3) is 0.217. The molecule has 3 N–H and O–H groups in total. The van der Waals surface area contributed by atoms with Gasteiger partial charge >= 0.3 is 0 Å². The molecule has 30 heavy (non-hydrogen) atoms. The lowest BCUT2D eigenvalue weighted by atomic mass is 10.1. The summed E-state index contributed by atoms with van der Waals surface area (Å²) < 4.78 is 10.6. The standard InChI is InChI=1S/C23H25N3O3S/c1-28-20-10-8-16(14-21(20)29-2)11-12-24-23(30)26-25-22(27)15-17-7-9-18-5-3-4-6-19(18)13-17/h3-10,13-14H,11-12,15H2,1-2H3,(H,25,27)(H2,24,26,30). The highest BCUT2D eigenvalue weighted by atomic mass is 32.1. The Morgan fingerprint density at radius 3 is 2.37 bits per heavy atom. The van der Waals surface area contributed by atoms with Crippen molar-refractivity contribution in [1.29, 1.82) is 0 Å². The zero-order valence-corrected chi connectivity index (χ0v) is 17.8. The van der Waals surface area contributed by atoms with Gasteiger partial charge in [0.05, 0.1) is 20.6 Å². The highest BCUT2D eigenvalue weighted by Crippen LogP contribution is 2.27. The minimum Gasteiger partial charge on any atom is -0.493 e. The van der Waals surface area contributed by atoms with E-state index in [2.05, 4.69) is 16.2 Å². The van der Waals surface area contributed by atoms with Crippen LogP contribution in [0.15, 0.2) is 60.7 Å². The summed E-state index contributed by atoms with van der Waals surface area (Å²) in [5.41, 5.74) is 7.41. The topological polar surface area (TPSA) is 71.6 Å². The van der Waals surface area contributed by atoms with Crippen LogP contribution in [0.25, 0.3) is 10.8 Å². The molecule has 0 aromatic heterocycles. The van der Waals surface area contributed by atoms with Crippen molar-refractivity contribution in [1.82, 2.24) is 16.2 Å². The van der Waals surface area contributed by atoms with E-state index < -0.39 is 0 Å². The Hall–Kier alpha value is -3.32. The zero-order chi connectivity index (χ0) is 21.3. The summed E-state index contributed by atoms with van der Waals surface area (Å²) in [7, 11) is 3.22. The van der Waals surface area contributed by atoms with Crippen LogP contribution < -0.4 is 25.6 Å². The molecule has 0 saturated carbocycles. The molecule has 0 heterocycles. The van der Waals surface area contributed by atoms with Crippen LogP contribution in [0, 0.1) is 0 Å². The number of nitrogens with one attached hydrogen (secondary N) is 3. The van der Waals surface area contributed by atoms with Gasteiger partial charge in [0.2, 0.25) is 5.91 Å². The van der Waals surface area contributed by atoms with Crippen molar-refractivity contribution in [3.8, 4) is 11.5 Å². The minimum absolute atomic E-state index is 0.158. The third kappa shape index (κ3) is 5.84. The Morgan fingerprint density at radius 2 is 1.60 bits per heavy atom. The molecule has 0 aliphatic carbocycles. The molecule has 0 bridgehead atoms. The first-order valence-electron chi connectivity index (χ1n) is 9.60. The average Bonchev–Trinajstić information content (AvgIpc) is 2.77. The molecule has 1 amide bonds. The minimum atomic E-state index is -0.158. The molecule has 0 aliphatic rings. The predicted octanol–water partition coefficient (Wildman–Crippen LogP) is 3.14. The lowest BCUT2D eigenvalue weighted by molar-refractivity contribution is -0.121. The number of ether oxygens (including phenoxy) is 2. The van der Waals surface area contributed by atoms with Gasteiger partial charge in [0.15, 0.2) is 16.6 Å². The van der Waals surface area contributed by atoms with E-state index in [4.69, 9.17) is 21.7 Å². The van der Waals surface area contributed by atoms with E-state index in [0.717, 1.165) is 28.3 Å². The fourth-order valence-electron chi connectivity index (χ4n) is 3.11. The number of methoxy groups -OCH3 is 2. The summed E-state index contributed by atoms with van der Waals surface area (Å²) >= 11 is 5.22. The van der Waals surface area contributed by atoms with Crippen LogP contribution in [0.1, 0.15) is 11.1 Å². The molecule has 0 aliphatic heterocycles. The summed E-state index contributed by atoms with van der Waals surface area (Å²) in [6.45, 7) is 0.613. The summed E-state index contributed by atoms with van der Waals surface area (Å²) in [5, 5.41) is 5.70. The summed E-state index contributed by atoms with van der Waals surface area (Å²) in [6, 6.07) is 19.9. The first-order chi connectivity index (χ1) is 14.6. The Labute approximate surface area is 181 Å². The SMILES string of the molecule is COc1ccc(CCNC(=S)NNC(=O)Cc2ccc3ccccc3c2)cc1OC. The van der Waals surface area contributed by atoms with Gasteiger partial charge in [-0.3, -0.25) is 15.6 Å². The van der Waals surface area contributed by atoms with Crippen molar-refractivity contribution in [3.63, 3.8) is 0 Å². The molecule has 7 heteroatoms. The predicted molar refractivity (Wildman–Crippen MR) is 123 cm³/mol. The van der Waals surface area contributed by atoms with Crippen LogP contribution in [-0.2, 0) is 17.6 Å². The van der Waals surface area contributed by atoms with Crippen LogP contribution in [0.5, 0.6) is 11.5 Å². The van der Waals surface area contributed by atoms with Gasteiger partial charge in [0, 0.05) is 6.54 Å². The van der Waals surface area contributed by atoms with Crippen molar-refractivity contribution < 1.29 is 14.3 Å². The molecule has 3 rings (SSSR count). The Morgan fingerprint density at radius 1 is 0.867 bits per heavy atom. The van der Waals surface area contributed by atoms with Crippen LogP contribution in [0.3, 0.4) is 0 Å². The zero-order valence-electron chi connectivity index (χ0n) is 17.0. The maximum Gasteiger partial charge on any atom is 0.242 e. The van der Waals surface area contributed by atoms with E-state index in [1.165, 1.54) is 0 Å². The lowest BCUT2D eigenvalue weighted by Gasteiger charge is -2.13. The molecule has 3 aromatic carbocycles. The number of fused-ring (bicyclic) bond motifs is 1. The highest BCUT2D eigenvalue weighted by Gasteiger charge is 2.06. The molecule has 0 saturated heterocycles. The van der Waals surface area contributed by atoms with Crippen LogP contribution in [0.2, 0.25) is 0 Å². The number of rotatable bonds is 7. The van der Waals surface area contributed by atoms with Crippen molar-refractivity contribution in [2.75, 3.05) is 20.8 Å². The lowest BCUT2D eigenvalue weighted by Crippen LogP contribution is -2.47. The number of carbonyl (C=O) groups is 1. The first kappa shape index (κ1) is 21.4. The first-order valence-corrected chi connectivity index (χ1v) is 10.0. The third-order valence-corrected chi connectivity index (χ3v) is 4.89. The maximum atomic E-state index is 12.2. The van der Waals surface area contributed by atoms with Gasteiger partial charge in [0.1, 0.15) is 0 Å². The fourth-order valence-corrected chi connectivity index (χ4v) is 3.26.